The highest BCUT2D eigenvalue weighted by Gasteiger charge is 2.55. The Morgan fingerprint density at radius 1 is 1.00 bits per heavy atom. The summed E-state index contributed by atoms with van der Waals surface area (Å²) in [6.07, 6.45) is -11.9. The summed E-state index contributed by atoms with van der Waals surface area (Å²) in [5, 5.41) is 0. The zero-order valence-corrected chi connectivity index (χ0v) is 6.26. The summed E-state index contributed by atoms with van der Waals surface area (Å²) in [6.45, 7) is 2.83. The highest BCUT2D eigenvalue weighted by atomic mass is 19.4. The topological polar surface area (TPSA) is 0 Å². The molecule has 0 saturated heterocycles. The molecule has 0 aromatic heterocycles. The molecular formula is C7H5F6. The van der Waals surface area contributed by atoms with Gasteiger partial charge >= 0.3 is 12.4 Å². The van der Waals surface area contributed by atoms with Gasteiger partial charge in [-0.05, 0) is 0 Å². The molecule has 0 unspecified atom stereocenters. The van der Waals surface area contributed by atoms with Crippen LogP contribution in [0.3, 0.4) is 0 Å². The first-order chi connectivity index (χ1) is 5.69. The molecule has 0 aliphatic rings. The highest BCUT2D eigenvalue weighted by Crippen LogP contribution is 2.40. The number of hydrogen-bond acceptors (Lipinski definition) is 0. The van der Waals surface area contributed by atoms with Crippen LogP contribution in [0.4, 0.5) is 26.3 Å². The van der Waals surface area contributed by atoms with Crippen molar-refractivity contribution in [2.24, 2.45) is 5.92 Å². The molecule has 0 spiro atoms. The Kier molecular flexibility index (Phi) is 3.64. The largest absolute Gasteiger partial charge is 0.401 e. The van der Waals surface area contributed by atoms with Gasteiger partial charge in [0.05, 0.1) is 0 Å². The second-order valence-corrected chi connectivity index (χ2v) is 2.19. The Hall–Kier alpha value is -0.860. The lowest BCUT2D eigenvalue weighted by molar-refractivity contribution is -0.282. The molecule has 0 saturated carbocycles. The third-order valence-electron chi connectivity index (χ3n) is 1.22. The number of hydrogen-bond donors (Lipinski definition) is 0. The molecule has 0 amide bonds. The van der Waals surface area contributed by atoms with Crippen molar-refractivity contribution in [3.8, 4) is 11.8 Å². The fourth-order valence-electron chi connectivity index (χ4n) is 0.591. The van der Waals surface area contributed by atoms with Gasteiger partial charge in [-0.3, -0.25) is 0 Å². The molecule has 0 nitrogen and oxygen atoms in total. The lowest BCUT2D eigenvalue weighted by Gasteiger charge is -2.20. The second-order valence-electron chi connectivity index (χ2n) is 2.19. The molecular weight excluding hydrogens is 198 g/mol. The summed E-state index contributed by atoms with van der Waals surface area (Å²) >= 11 is 0. The molecule has 0 aromatic carbocycles. The van der Waals surface area contributed by atoms with E-state index in [4.69, 9.17) is 0 Å². The van der Waals surface area contributed by atoms with Crippen LogP contribution in [0.25, 0.3) is 0 Å². The first kappa shape index (κ1) is 12.1. The average Bonchev–Trinajstić information content (AvgIpc) is 1.81. The quantitative estimate of drug-likeness (QED) is 0.454. The van der Waals surface area contributed by atoms with Gasteiger partial charge in [-0.1, -0.05) is 0 Å². The summed E-state index contributed by atoms with van der Waals surface area (Å²) in [4.78, 5) is 0. The number of alkyl halides is 6. The molecule has 6 heteroatoms. The lowest BCUT2D eigenvalue weighted by Crippen LogP contribution is -2.36. The van der Waals surface area contributed by atoms with E-state index in [1.165, 1.54) is 0 Å². The standard InChI is InChI=1S/C7H5F6/c1-2-3-4-5(6(8,9)10)7(11,12)13/h5H,1,4H2. The Morgan fingerprint density at radius 2 is 1.38 bits per heavy atom. The molecule has 75 valence electrons. The van der Waals surface area contributed by atoms with E-state index in [0.29, 0.717) is 0 Å². The van der Waals surface area contributed by atoms with Crippen molar-refractivity contribution in [1.29, 1.82) is 0 Å². The van der Waals surface area contributed by atoms with E-state index in [-0.39, 0.29) is 0 Å². The van der Waals surface area contributed by atoms with E-state index in [1.807, 2.05) is 0 Å². The van der Waals surface area contributed by atoms with Gasteiger partial charge in [0.25, 0.3) is 0 Å². The van der Waals surface area contributed by atoms with Crippen LogP contribution < -0.4 is 0 Å². The fraction of sp³-hybridized carbons (Fsp3) is 0.571. The van der Waals surface area contributed by atoms with Crippen LogP contribution in [0.15, 0.2) is 0 Å². The molecule has 13 heavy (non-hydrogen) atoms. The van der Waals surface area contributed by atoms with Crippen molar-refractivity contribution in [2.75, 3.05) is 0 Å². The average molecular weight is 203 g/mol. The summed E-state index contributed by atoms with van der Waals surface area (Å²) in [6, 6.07) is 0. The molecule has 0 heterocycles. The third-order valence-corrected chi connectivity index (χ3v) is 1.22. The molecule has 1 radical (unpaired) electrons. The van der Waals surface area contributed by atoms with Crippen molar-refractivity contribution < 1.29 is 26.3 Å². The Balaban J connectivity index is 4.64. The molecule has 0 N–H and O–H groups in total. The molecule has 0 atom stereocenters. The van der Waals surface area contributed by atoms with Gasteiger partial charge in [-0.15, -0.1) is 11.8 Å². The van der Waals surface area contributed by atoms with Gasteiger partial charge in [-0.2, -0.15) is 26.3 Å². The van der Waals surface area contributed by atoms with Crippen molar-refractivity contribution in [3.05, 3.63) is 6.92 Å². The van der Waals surface area contributed by atoms with E-state index in [0.717, 1.165) is 0 Å². The minimum Gasteiger partial charge on any atom is -0.170 e. The zero-order chi connectivity index (χ0) is 10.7. The van der Waals surface area contributed by atoms with E-state index in [9.17, 15) is 26.3 Å². The predicted octanol–water partition coefficient (Wildman–Crippen LogP) is 2.95. The smallest absolute Gasteiger partial charge is 0.170 e. The maximum absolute atomic E-state index is 11.7. The molecule has 0 aromatic rings. The van der Waals surface area contributed by atoms with Gasteiger partial charge in [0.15, 0.2) is 5.92 Å². The van der Waals surface area contributed by atoms with E-state index < -0.39 is 24.7 Å². The Bertz CT molecular complexity index is 198. The lowest BCUT2D eigenvalue weighted by atomic mass is 10.1. The van der Waals surface area contributed by atoms with Crippen molar-refractivity contribution in [1.82, 2.24) is 0 Å². The fourth-order valence-corrected chi connectivity index (χ4v) is 0.591. The van der Waals surface area contributed by atoms with Crippen LogP contribution in [0.5, 0.6) is 0 Å². The minimum absolute atomic E-state index is 1.30. The van der Waals surface area contributed by atoms with Crippen LogP contribution in [-0.4, -0.2) is 12.4 Å². The molecule has 0 aliphatic carbocycles. The van der Waals surface area contributed by atoms with Crippen LogP contribution >= 0.6 is 0 Å². The SMILES string of the molecule is [CH2]C#CCC(C(F)(F)F)C(F)(F)F. The van der Waals surface area contributed by atoms with Crippen LogP contribution in [0.2, 0.25) is 0 Å². The maximum Gasteiger partial charge on any atom is 0.401 e. The summed E-state index contributed by atoms with van der Waals surface area (Å²) in [7, 11) is 0. The van der Waals surface area contributed by atoms with Gasteiger partial charge in [0.1, 0.15) is 0 Å². The van der Waals surface area contributed by atoms with Crippen molar-refractivity contribution >= 4 is 0 Å². The Morgan fingerprint density at radius 3 is 1.62 bits per heavy atom. The van der Waals surface area contributed by atoms with Gasteiger partial charge in [0, 0.05) is 13.3 Å². The number of halogens is 6. The first-order valence-corrected chi connectivity index (χ1v) is 3.08. The van der Waals surface area contributed by atoms with Crippen LogP contribution in [-0.2, 0) is 0 Å². The maximum atomic E-state index is 11.7. The normalized spacial score (nSPS) is 12.6. The van der Waals surface area contributed by atoms with Gasteiger partial charge in [0.2, 0.25) is 0 Å². The summed E-state index contributed by atoms with van der Waals surface area (Å²) in [5.74, 6) is 0.0224. The first-order valence-electron chi connectivity index (χ1n) is 3.08. The number of rotatable bonds is 1. The predicted molar refractivity (Wildman–Crippen MR) is 33.4 cm³/mol. The second kappa shape index (κ2) is 3.90. The summed E-state index contributed by atoms with van der Waals surface area (Å²) < 4.78 is 70.4. The van der Waals surface area contributed by atoms with E-state index >= 15 is 0 Å². The molecule has 0 fully saturated rings. The van der Waals surface area contributed by atoms with Gasteiger partial charge in [-0.25, -0.2) is 0 Å². The highest BCUT2D eigenvalue weighted by molar-refractivity contribution is 5.03. The van der Waals surface area contributed by atoms with E-state index in [1.54, 1.807) is 11.8 Å². The molecule has 0 bridgehead atoms. The van der Waals surface area contributed by atoms with Crippen molar-refractivity contribution in [3.63, 3.8) is 0 Å². The summed E-state index contributed by atoms with van der Waals surface area (Å²) in [5.41, 5.74) is 0. The zero-order valence-electron chi connectivity index (χ0n) is 6.26. The van der Waals surface area contributed by atoms with Crippen LogP contribution in [0.1, 0.15) is 6.42 Å². The molecule has 0 rings (SSSR count). The van der Waals surface area contributed by atoms with E-state index in [2.05, 4.69) is 6.92 Å². The van der Waals surface area contributed by atoms with Crippen LogP contribution in [0, 0.1) is 24.7 Å². The van der Waals surface area contributed by atoms with Crippen molar-refractivity contribution in [2.45, 2.75) is 18.8 Å². The monoisotopic (exact) mass is 203 g/mol. The third kappa shape index (κ3) is 4.06. The minimum atomic E-state index is -5.30. The van der Waals surface area contributed by atoms with Gasteiger partial charge < -0.3 is 0 Å². The molecule has 0 aliphatic heterocycles. The Labute approximate surface area is 70.9 Å².